The van der Waals surface area contributed by atoms with Gasteiger partial charge in [0.2, 0.25) is 0 Å². The second-order valence-corrected chi connectivity index (χ2v) is 5.92. The first-order chi connectivity index (χ1) is 7.37. The molecule has 0 bridgehead atoms. The molecule has 0 aliphatic heterocycles. The Labute approximate surface area is 95.3 Å². The zero-order chi connectivity index (χ0) is 12.6. The Morgan fingerprint density at radius 2 is 2.00 bits per heavy atom. The van der Waals surface area contributed by atoms with Crippen molar-refractivity contribution in [1.82, 2.24) is 5.32 Å². The zero-order valence-corrected chi connectivity index (χ0v) is 10.4. The van der Waals surface area contributed by atoms with Crippen LogP contribution < -0.4 is 5.32 Å². The lowest BCUT2D eigenvalue weighted by atomic mass is 10.4. The minimum Gasteiger partial charge on any atom is -0.374 e. The summed E-state index contributed by atoms with van der Waals surface area (Å²) in [7, 11) is -3.00. The Kier molecular flexibility index (Phi) is 7.78. The van der Waals surface area contributed by atoms with E-state index in [-0.39, 0.29) is 24.2 Å². The van der Waals surface area contributed by atoms with Gasteiger partial charge in [-0.15, -0.1) is 0 Å². The van der Waals surface area contributed by atoms with Crippen molar-refractivity contribution in [2.75, 3.05) is 31.3 Å². The molecule has 0 saturated heterocycles. The van der Waals surface area contributed by atoms with E-state index >= 15 is 0 Å². The molecule has 0 aromatic carbocycles. The fourth-order valence-electron chi connectivity index (χ4n) is 1.11. The van der Waals surface area contributed by atoms with Gasteiger partial charge in [0.05, 0.1) is 12.4 Å². The standard InChI is InChI=1S/C9H19F2NO3S/c1-3-16(13,14)7-8(2)12-4-5-15-6-9(10)11/h8-9,12H,3-7H2,1-2H3. The van der Waals surface area contributed by atoms with Crippen LogP contribution in [0.3, 0.4) is 0 Å². The Morgan fingerprint density at radius 1 is 1.38 bits per heavy atom. The van der Waals surface area contributed by atoms with Crippen molar-refractivity contribution in [3.8, 4) is 0 Å². The molecule has 0 saturated carbocycles. The van der Waals surface area contributed by atoms with Gasteiger partial charge in [-0.05, 0) is 6.92 Å². The van der Waals surface area contributed by atoms with Crippen LogP contribution in [0.5, 0.6) is 0 Å². The van der Waals surface area contributed by atoms with E-state index in [1.165, 1.54) is 0 Å². The maximum Gasteiger partial charge on any atom is 0.261 e. The summed E-state index contributed by atoms with van der Waals surface area (Å²) in [6, 6.07) is -0.194. The van der Waals surface area contributed by atoms with Crippen LogP contribution in [0.4, 0.5) is 8.78 Å². The molecule has 1 N–H and O–H groups in total. The van der Waals surface area contributed by atoms with Crippen LogP contribution in [-0.2, 0) is 14.6 Å². The molecular formula is C9H19F2NO3S. The highest BCUT2D eigenvalue weighted by Crippen LogP contribution is 1.94. The molecule has 1 unspecified atom stereocenters. The maximum absolute atomic E-state index is 11.7. The average Bonchev–Trinajstić information content (AvgIpc) is 2.16. The molecule has 0 fully saturated rings. The first-order valence-electron chi connectivity index (χ1n) is 5.17. The van der Waals surface area contributed by atoms with Crippen molar-refractivity contribution in [2.45, 2.75) is 26.3 Å². The quantitative estimate of drug-likeness (QED) is 0.619. The second-order valence-electron chi connectivity index (χ2n) is 3.52. The van der Waals surface area contributed by atoms with Crippen LogP contribution in [0, 0.1) is 0 Å². The van der Waals surface area contributed by atoms with Crippen LogP contribution in [-0.4, -0.2) is 52.1 Å². The number of rotatable bonds is 9. The molecule has 0 rings (SSSR count). The summed E-state index contributed by atoms with van der Waals surface area (Å²) < 4.78 is 50.4. The van der Waals surface area contributed by atoms with Crippen molar-refractivity contribution in [2.24, 2.45) is 0 Å². The van der Waals surface area contributed by atoms with Crippen LogP contribution in [0.2, 0.25) is 0 Å². The molecule has 16 heavy (non-hydrogen) atoms. The third-order valence-electron chi connectivity index (χ3n) is 1.93. The lowest BCUT2D eigenvalue weighted by Crippen LogP contribution is -2.35. The predicted molar refractivity (Wildman–Crippen MR) is 58.6 cm³/mol. The normalized spacial score (nSPS) is 14.3. The van der Waals surface area contributed by atoms with Gasteiger partial charge in [0.15, 0.2) is 9.84 Å². The van der Waals surface area contributed by atoms with E-state index < -0.39 is 22.9 Å². The molecule has 0 aliphatic rings. The van der Waals surface area contributed by atoms with Gasteiger partial charge in [-0.1, -0.05) is 6.92 Å². The van der Waals surface area contributed by atoms with E-state index in [1.807, 2.05) is 0 Å². The Morgan fingerprint density at radius 3 is 2.50 bits per heavy atom. The van der Waals surface area contributed by atoms with Crippen LogP contribution >= 0.6 is 0 Å². The van der Waals surface area contributed by atoms with Gasteiger partial charge >= 0.3 is 0 Å². The molecule has 0 spiro atoms. The second kappa shape index (κ2) is 7.92. The number of nitrogens with one attached hydrogen (secondary N) is 1. The lowest BCUT2D eigenvalue weighted by Gasteiger charge is -2.13. The number of halogens is 2. The number of sulfone groups is 1. The molecule has 0 heterocycles. The van der Waals surface area contributed by atoms with Crippen LogP contribution in [0.25, 0.3) is 0 Å². The molecule has 4 nitrogen and oxygen atoms in total. The fourth-order valence-corrected chi connectivity index (χ4v) is 2.22. The van der Waals surface area contributed by atoms with Gasteiger partial charge in [-0.25, -0.2) is 17.2 Å². The van der Waals surface area contributed by atoms with Gasteiger partial charge in [0, 0.05) is 18.3 Å². The third kappa shape index (κ3) is 8.99. The number of hydrogen-bond acceptors (Lipinski definition) is 4. The topological polar surface area (TPSA) is 55.4 Å². The van der Waals surface area contributed by atoms with Crippen molar-refractivity contribution in [1.29, 1.82) is 0 Å². The number of hydrogen-bond donors (Lipinski definition) is 1. The number of alkyl halides is 2. The third-order valence-corrected chi connectivity index (χ3v) is 3.81. The highest BCUT2D eigenvalue weighted by atomic mass is 32.2. The predicted octanol–water partition coefficient (Wildman–Crippen LogP) is 0.681. The molecule has 0 amide bonds. The van der Waals surface area contributed by atoms with E-state index in [0.29, 0.717) is 6.54 Å². The molecule has 0 aromatic rings. The van der Waals surface area contributed by atoms with Gasteiger partial charge in [0.25, 0.3) is 6.43 Å². The largest absolute Gasteiger partial charge is 0.374 e. The smallest absolute Gasteiger partial charge is 0.261 e. The summed E-state index contributed by atoms with van der Waals surface area (Å²) in [5, 5.41) is 2.90. The van der Waals surface area contributed by atoms with Gasteiger partial charge in [0.1, 0.15) is 6.61 Å². The maximum atomic E-state index is 11.7. The zero-order valence-electron chi connectivity index (χ0n) is 9.58. The minimum atomic E-state index is -3.00. The highest BCUT2D eigenvalue weighted by molar-refractivity contribution is 7.91. The van der Waals surface area contributed by atoms with Crippen molar-refractivity contribution in [3.63, 3.8) is 0 Å². The molecular weight excluding hydrogens is 240 g/mol. The molecule has 0 radical (unpaired) electrons. The fraction of sp³-hybridized carbons (Fsp3) is 1.00. The van der Waals surface area contributed by atoms with Crippen molar-refractivity contribution < 1.29 is 21.9 Å². The summed E-state index contributed by atoms with van der Waals surface area (Å²) >= 11 is 0. The molecule has 1 atom stereocenters. The average molecular weight is 259 g/mol. The first-order valence-corrected chi connectivity index (χ1v) is 6.99. The van der Waals surface area contributed by atoms with E-state index in [0.717, 1.165) is 0 Å². The van der Waals surface area contributed by atoms with Gasteiger partial charge in [-0.2, -0.15) is 0 Å². The monoisotopic (exact) mass is 259 g/mol. The summed E-state index contributed by atoms with van der Waals surface area (Å²) in [6.45, 7) is 3.27. The van der Waals surface area contributed by atoms with Gasteiger partial charge < -0.3 is 10.1 Å². The Bertz CT molecular complexity index is 270. The lowest BCUT2D eigenvalue weighted by molar-refractivity contribution is 0.0184. The minimum absolute atomic E-state index is 0.0539. The number of ether oxygens (including phenoxy) is 1. The Balaban J connectivity index is 3.55. The highest BCUT2D eigenvalue weighted by Gasteiger charge is 2.12. The molecule has 7 heteroatoms. The van der Waals surface area contributed by atoms with Crippen molar-refractivity contribution in [3.05, 3.63) is 0 Å². The summed E-state index contributed by atoms with van der Waals surface area (Å²) in [4.78, 5) is 0. The SMILES string of the molecule is CCS(=O)(=O)CC(C)NCCOCC(F)F. The summed E-state index contributed by atoms with van der Waals surface area (Å²) in [5.74, 6) is 0.166. The van der Waals surface area contributed by atoms with E-state index in [2.05, 4.69) is 10.1 Å². The summed E-state index contributed by atoms with van der Waals surface area (Å²) in [5.41, 5.74) is 0. The van der Waals surface area contributed by atoms with E-state index in [1.54, 1.807) is 13.8 Å². The van der Waals surface area contributed by atoms with E-state index in [4.69, 9.17) is 0 Å². The summed E-state index contributed by atoms with van der Waals surface area (Å²) in [6.07, 6.45) is -2.46. The molecule has 0 aliphatic carbocycles. The van der Waals surface area contributed by atoms with Crippen LogP contribution in [0.15, 0.2) is 0 Å². The Hall–Kier alpha value is -0.270. The first kappa shape index (κ1) is 15.7. The van der Waals surface area contributed by atoms with E-state index in [9.17, 15) is 17.2 Å². The van der Waals surface area contributed by atoms with Crippen molar-refractivity contribution >= 4 is 9.84 Å². The molecule has 0 aromatic heterocycles. The van der Waals surface area contributed by atoms with Crippen LogP contribution in [0.1, 0.15) is 13.8 Å². The van der Waals surface area contributed by atoms with Gasteiger partial charge in [-0.3, -0.25) is 0 Å². The molecule has 98 valence electrons.